The van der Waals surface area contributed by atoms with Gasteiger partial charge in [0.25, 0.3) is 0 Å². The molecule has 0 atom stereocenters. The Morgan fingerprint density at radius 2 is 1.62 bits per heavy atom. The van der Waals surface area contributed by atoms with Gasteiger partial charge in [0.1, 0.15) is 5.76 Å². The zero-order valence-electron chi connectivity index (χ0n) is 11.7. The van der Waals surface area contributed by atoms with E-state index in [-0.39, 0.29) is 0 Å². The molecule has 2 aromatic rings. The van der Waals surface area contributed by atoms with Crippen LogP contribution in [0.4, 0.5) is 0 Å². The first-order valence-electron chi connectivity index (χ1n) is 7.57. The van der Waals surface area contributed by atoms with Crippen molar-refractivity contribution in [1.29, 1.82) is 0 Å². The molecule has 0 aliphatic heterocycles. The fraction of sp³-hybridized carbons (Fsp3) is 0.333. The first-order chi connectivity index (χ1) is 10.3. The second kappa shape index (κ2) is 4.69. The summed E-state index contributed by atoms with van der Waals surface area (Å²) in [5.41, 5.74) is 2.67. The van der Waals surface area contributed by atoms with Crippen LogP contribution >= 0.6 is 0 Å². The van der Waals surface area contributed by atoms with Crippen LogP contribution in [0.2, 0.25) is 0 Å². The Morgan fingerprint density at radius 3 is 2.38 bits per heavy atom. The maximum absolute atomic E-state index is 12.5. The minimum absolute atomic E-state index is 0.355. The van der Waals surface area contributed by atoms with Gasteiger partial charge in [0.05, 0.1) is 11.8 Å². The normalized spacial score (nSPS) is 18.5. The monoisotopic (exact) mass is 280 g/mol. The number of rotatable bonds is 1. The van der Waals surface area contributed by atoms with E-state index in [1.165, 1.54) is 19.3 Å². The highest BCUT2D eigenvalue weighted by Crippen LogP contribution is 2.42. The van der Waals surface area contributed by atoms with E-state index in [4.69, 9.17) is 4.42 Å². The predicted molar refractivity (Wildman–Crippen MR) is 78.6 cm³/mol. The molecule has 106 valence electrons. The van der Waals surface area contributed by atoms with Gasteiger partial charge in [0, 0.05) is 16.7 Å². The third-order valence-corrected chi connectivity index (χ3v) is 4.71. The van der Waals surface area contributed by atoms with Crippen molar-refractivity contribution in [2.24, 2.45) is 0 Å². The molecule has 1 fully saturated rings. The summed E-state index contributed by atoms with van der Waals surface area (Å²) in [5, 5.41) is 0. The topological polar surface area (TPSA) is 47.3 Å². The summed E-state index contributed by atoms with van der Waals surface area (Å²) in [7, 11) is 0. The van der Waals surface area contributed by atoms with Gasteiger partial charge in [0.15, 0.2) is 0 Å². The number of carbonyl (C=O) groups is 2. The van der Waals surface area contributed by atoms with Gasteiger partial charge in [-0.1, -0.05) is 43.5 Å². The zero-order valence-corrected chi connectivity index (χ0v) is 11.7. The molecular weight excluding hydrogens is 264 g/mol. The minimum atomic E-state index is -0.406. The van der Waals surface area contributed by atoms with Crippen molar-refractivity contribution in [3.63, 3.8) is 0 Å². The van der Waals surface area contributed by atoms with Crippen molar-refractivity contribution in [3.05, 3.63) is 47.2 Å². The summed E-state index contributed by atoms with van der Waals surface area (Å²) in [6.45, 7) is 0. The van der Waals surface area contributed by atoms with Crippen molar-refractivity contribution in [2.75, 3.05) is 0 Å². The van der Waals surface area contributed by atoms with Crippen LogP contribution in [0.1, 0.15) is 64.3 Å². The van der Waals surface area contributed by atoms with Crippen molar-refractivity contribution >= 4 is 11.6 Å². The Hall–Kier alpha value is -2.16. The Bertz CT molecular complexity index is 733. The number of benzene rings is 1. The number of furan rings is 1. The molecular formula is C18H16O3. The number of hydrogen-bond donors (Lipinski definition) is 0. The Labute approximate surface area is 123 Å². The molecule has 0 radical (unpaired) electrons. The molecule has 3 heteroatoms. The maximum Gasteiger partial charge on any atom is 0.237 e. The second-order valence-corrected chi connectivity index (χ2v) is 5.93. The first kappa shape index (κ1) is 12.6. The highest BCUT2D eigenvalue weighted by Gasteiger charge is 2.36. The third-order valence-electron chi connectivity index (χ3n) is 4.71. The molecule has 0 amide bonds. The summed E-state index contributed by atoms with van der Waals surface area (Å²) < 4.78 is 5.71. The van der Waals surface area contributed by atoms with Crippen molar-refractivity contribution < 1.29 is 14.0 Å². The summed E-state index contributed by atoms with van der Waals surface area (Å²) in [6.07, 6.45) is 7.48. The highest BCUT2D eigenvalue weighted by atomic mass is 16.3. The van der Waals surface area contributed by atoms with E-state index in [0.29, 0.717) is 22.8 Å². The van der Waals surface area contributed by atoms with Crippen molar-refractivity contribution in [1.82, 2.24) is 0 Å². The number of fused-ring (bicyclic) bond motifs is 3. The molecule has 4 rings (SSSR count). The maximum atomic E-state index is 12.5. The Kier molecular flexibility index (Phi) is 2.81. The number of hydrogen-bond acceptors (Lipinski definition) is 3. The standard InChI is InChI=1S/C18H16O3/c19-16-12-8-4-5-9-13(12)18-15(17(16)20)14(10-21-18)11-6-2-1-3-7-11/h4-5,8-11H,1-3,6-7H2. The SMILES string of the molecule is O=C1C(=O)c2c(C3CCCCC3)coc2-c2ccccc21. The van der Waals surface area contributed by atoms with Gasteiger partial charge in [-0.3, -0.25) is 9.59 Å². The zero-order chi connectivity index (χ0) is 14.4. The lowest BCUT2D eigenvalue weighted by Crippen LogP contribution is -2.22. The fourth-order valence-corrected chi connectivity index (χ4v) is 3.63. The smallest absolute Gasteiger partial charge is 0.237 e. The van der Waals surface area contributed by atoms with E-state index in [0.717, 1.165) is 24.0 Å². The average Bonchev–Trinajstić information content (AvgIpc) is 2.99. The summed E-state index contributed by atoms with van der Waals surface area (Å²) in [6, 6.07) is 7.20. The molecule has 2 aliphatic rings. The number of carbonyl (C=O) groups excluding carboxylic acids is 2. The lowest BCUT2D eigenvalue weighted by atomic mass is 9.79. The van der Waals surface area contributed by atoms with Crippen LogP contribution in [0.15, 0.2) is 34.9 Å². The molecule has 2 aliphatic carbocycles. The van der Waals surface area contributed by atoms with Crippen LogP contribution < -0.4 is 0 Å². The fourth-order valence-electron chi connectivity index (χ4n) is 3.63. The molecule has 0 N–H and O–H groups in total. The minimum Gasteiger partial charge on any atom is -0.463 e. The molecule has 0 unspecified atom stereocenters. The average molecular weight is 280 g/mol. The third kappa shape index (κ3) is 1.80. The van der Waals surface area contributed by atoms with E-state index in [1.807, 2.05) is 12.1 Å². The van der Waals surface area contributed by atoms with Gasteiger partial charge in [0.2, 0.25) is 11.6 Å². The summed E-state index contributed by atoms with van der Waals surface area (Å²) in [5.74, 6) is 0.124. The van der Waals surface area contributed by atoms with E-state index in [9.17, 15) is 9.59 Å². The summed E-state index contributed by atoms with van der Waals surface area (Å²) >= 11 is 0. The van der Waals surface area contributed by atoms with Crippen LogP contribution in [0.3, 0.4) is 0 Å². The Morgan fingerprint density at radius 1 is 0.905 bits per heavy atom. The molecule has 3 nitrogen and oxygen atoms in total. The molecule has 0 bridgehead atoms. The number of ketones is 2. The molecule has 1 aromatic carbocycles. The Balaban J connectivity index is 1.89. The second-order valence-electron chi connectivity index (χ2n) is 5.93. The van der Waals surface area contributed by atoms with Crippen LogP contribution in [-0.2, 0) is 0 Å². The lowest BCUT2D eigenvalue weighted by molar-refractivity contribution is 0.0813. The first-order valence-corrected chi connectivity index (χ1v) is 7.57. The molecule has 0 saturated heterocycles. The van der Waals surface area contributed by atoms with Gasteiger partial charge in [-0.15, -0.1) is 0 Å². The van der Waals surface area contributed by atoms with Crippen LogP contribution in [0.25, 0.3) is 11.3 Å². The van der Waals surface area contributed by atoms with Gasteiger partial charge in [-0.25, -0.2) is 0 Å². The van der Waals surface area contributed by atoms with Crippen LogP contribution in [0.5, 0.6) is 0 Å². The van der Waals surface area contributed by atoms with Gasteiger partial charge in [-0.2, -0.15) is 0 Å². The van der Waals surface area contributed by atoms with Crippen molar-refractivity contribution in [3.8, 4) is 11.3 Å². The quantitative estimate of drug-likeness (QED) is 0.728. The van der Waals surface area contributed by atoms with Crippen LogP contribution in [-0.4, -0.2) is 11.6 Å². The predicted octanol–water partition coefficient (Wildman–Crippen LogP) is 4.37. The van der Waals surface area contributed by atoms with Crippen LogP contribution in [0, 0.1) is 0 Å². The lowest BCUT2D eigenvalue weighted by Gasteiger charge is -2.22. The van der Waals surface area contributed by atoms with Gasteiger partial charge >= 0.3 is 0 Å². The van der Waals surface area contributed by atoms with E-state index in [2.05, 4.69) is 0 Å². The highest BCUT2D eigenvalue weighted by molar-refractivity contribution is 6.53. The molecule has 0 spiro atoms. The van der Waals surface area contributed by atoms with Crippen molar-refractivity contribution in [2.45, 2.75) is 38.0 Å². The molecule has 1 aromatic heterocycles. The number of Topliss-reactive ketones (excluding diaryl/α,β-unsaturated/α-hetero) is 2. The van der Waals surface area contributed by atoms with E-state index >= 15 is 0 Å². The van der Waals surface area contributed by atoms with Gasteiger partial charge in [-0.05, 0) is 18.8 Å². The van der Waals surface area contributed by atoms with E-state index < -0.39 is 11.6 Å². The summed E-state index contributed by atoms with van der Waals surface area (Å²) in [4.78, 5) is 24.8. The van der Waals surface area contributed by atoms with Gasteiger partial charge < -0.3 is 4.42 Å². The molecule has 1 saturated carbocycles. The molecule has 1 heterocycles. The molecule has 21 heavy (non-hydrogen) atoms. The van der Waals surface area contributed by atoms with E-state index in [1.54, 1.807) is 18.4 Å². The largest absolute Gasteiger partial charge is 0.463 e.